The summed E-state index contributed by atoms with van der Waals surface area (Å²) >= 11 is 12.4. The summed E-state index contributed by atoms with van der Waals surface area (Å²) in [4.78, 5) is 28.5. The maximum atomic E-state index is 13.5. The SMILES string of the molecule is Cc1ccc2oc3c(c(=O)c2c1)C(c1ccc(Cl)c(Cl)c1)N(CC1CCCO1)C3=O. The number of nitrogens with zero attached hydrogens (tertiary/aromatic N) is 1. The van der Waals surface area contributed by atoms with Gasteiger partial charge in [0.1, 0.15) is 5.58 Å². The number of rotatable bonds is 3. The van der Waals surface area contributed by atoms with Gasteiger partial charge in [0.2, 0.25) is 5.76 Å². The van der Waals surface area contributed by atoms with Crippen molar-refractivity contribution in [3.05, 3.63) is 79.1 Å². The molecule has 3 heterocycles. The summed E-state index contributed by atoms with van der Waals surface area (Å²) in [7, 11) is 0. The quantitative estimate of drug-likeness (QED) is 0.562. The van der Waals surface area contributed by atoms with Crippen molar-refractivity contribution in [2.75, 3.05) is 13.2 Å². The summed E-state index contributed by atoms with van der Waals surface area (Å²) in [5, 5.41) is 1.25. The van der Waals surface area contributed by atoms with Crippen molar-refractivity contribution in [2.24, 2.45) is 0 Å². The number of hydrogen-bond acceptors (Lipinski definition) is 4. The fraction of sp³-hybridized carbons (Fsp3) is 0.304. The minimum absolute atomic E-state index is 0.0692. The van der Waals surface area contributed by atoms with E-state index in [-0.39, 0.29) is 23.2 Å². The molecule has 7 heteroatoms. The van der Waals surface area contributed by atoms with Gasteiger partial charge in [0.25, 0.3) is 5.91 Å². The smallest absolute Gasteiger partial charge is 0.291 e. The predicted molar refractivity (Wildman–Crippen MR) is 116 cm³/mol. The summed E-state index contributed by atoms with van der Waals surface area (Å²) in [6.45, 7) is 2.97. The van der Waals surface area contributed by atoms with E-state index < -0.39 is 6.04 Å². The number of hydrogen-bond donors (Lipinski definition) is 0. The van der Waals surface area contributed by atoms with Gasteiger partial charge in [-0.3, -0.25) is 9.59 Å². The van der Waals surface area contributed by atoms with Crippen molar-refractivity contribution in [1.29, 1.82) is 0 Å². The van der Waals surface area contributed by atoms with Crippen LogP contribution in [-0.2, 0) is 4.74 Å². The third kappa shape index (κ3) is 3.13. The summed E-state index contributed by atoms with van der Waals surface area (Å²) in [5.41, 5.74) is 2.21. The van der Waals surface area contributed by atoms with Crippen LogP contribution in [0.2, 0.25) is 10.0 Å². The molecule has 154 valence electrons. The molecule has 2 aliphatic rings. The molecule has 0 radical (unpaired) electrons. The van der Waals surface area contributed by atoms with E-state index in [0.29, 0.717) is 45.3 Å². The molecule has 2 unspecified atom stereocenters. The molecule has 1 amide bonds. The second-order valence-electron chi connectivity index (χ2n) is 7.84. The minimum atomic E-state index is -0.604. The Morgan fingerprint density at radius 3 is 2.67 bits per heavy atom. The van der Waals surface area contributed by atoms with E-state index in [4.69, 9.17) is 32.4 Å². The van der Waals surface area contributed by atoms with Crippen LogP contribution < -0.4 is 5.43 Å². The summed E-state index contributed by atoms with van der Waals surface area (Å²) in [5.74, 6) is -0.221. The zero-order valence-electron chi connectivity index (χ0n) is 16.3. The van der Waals surface area contributed by atoms with Gasteiger partial charge in [0.15, 0.2) is 5.43 Å². The van der Waals surface area contributed by atoms with Crippen LogP contribution in [0.4, 0.5) is 0 Å². The molecule has 5 rings (SSSR count). The van der Waals surface area contributed by atoms with E-state index in [1.807, 2.05) is 13.0 Å². The molecule has 0 saturated carbocycles. The van der Waals surface area contributed by atoms with Gasteiger partial charge in [-0.2, -0.15) is 0 Å². The maximum Gasteiger partial charge on any atom is 0.291 e. The molecule has 1 saturated heterocycles. The molecule has 30 heavy (non-hydrogen) atoms. The van der Waals surface area contributed by atoms with Crippen LogP contribution in [-0.4, -0.2) is 30.1 Å². The Hall–Kier alpha value is -2.34. The molecular formula is C23H19Cl2NO4. The highest BCUT2D eigenvalue weighted by molar-refractivity contribution is 6.42. The largest absolute Gasteiger partial charge is 0.450 e. The van der Waals surface area contributed by atoms with Crippen LogP contribution in [0.25, 0.3) is 11.0 Å². The van der Waals surface area contributed by atoms with Gasteiger partial charge in [0.05, 0.1) is 33.1 Å². The molecular weight excluding hydrogens is 425 g/mol. The molecule has 1 aromatic heterocycles. The number of carbonyl (C=O) groups excluding carboxylic acids is 1. The van der Waals surface area contributed by atoms with E-state index in [1.54, 1.807) is 35.2 Å². The van der Waals surface area contributed by atoms with Crippen LogP contribution in [0.5, 0.6) is 0 Å². The lowest BCUT2D eigenvalue weighted by molar-refractivity contribution is 0.0486. The zero-order chi connectivity index (χ0) is 21.0. The number of ether oxygens (including phenoxy) is 1. The monoisotopic (exact) mass is 443 g/mol. The van der Waals surface area contributed by atoms with Crippen molar-refractivity contribution in [2.45, 2.75) is 31.9 Å². The highest BCUT2D eigenvalue weighted by Gasteiger charge is 2.44. The molecule has 3 aromatic rings. The first kappa shape index (κ1) is 19.6. The molecule has 0 N–H and O–H groups in total. The number of fused-ring (bicyclic) bond motifs is 2. The van der Waals surface area contributed by atoms with Gasteiger partial charge >= 0.3 is 0 Å². The highest BCUT2D eigenvalue weighted by atomic mass is 35.5. The average Bonchev–Trinajstić information content (AvgIpc) is 3.33. The number of carbonyl (C=O) groups is 1. The van der Waals surface area contributed by atoms with E-state index in [1.165, 1.54) is 0 Å². The van der Waals surface area contributed by atoms with Gasteiger partial charge in [-0.15, -0.1) is 0 Å². The predicted octanol–water partition coefficient (Wildman–Crippen LogP) is 5.13. The Morgan fingerprint density at radius 1 is 1.10 bits per heavy atom. The highest BCUT2D eigenvalue weighted by Crippen LogP contribution is 2.40. The molecule has 2 aliphatic heterocycles. The first-order chi connectivity index (χ1) is 14.4. The number of amides is 1. The third-order valence-corrected chi connectivity index (χ3v) is 6.54. The van der Waals surface area contributed by atoms with Crippen molar-refractivity contribution >= 4 is 40.1 Å². The van der Waals surface area contributed by atoms with E-state index in [9.17, 15) is 9.59 Å². The van der Waals surface area contributed by atoms with Crippen molar-refractivity contribution in [3.63, 3.8) is 0 Å². The first-order valence-electron chi connectivity index (χ1n) is 9.89. The Balaban J connectivity index is 1.72. The first-order valence-corrected chi connectivity index (χ1v) is 10.6. The lowest BCUT2D eigenvalue weighted by Gasteiger charge is -2.27. The zero-order valence-corrected chi connectivity index (χ0v) is 17.8. The van der Waals surface area contributed by atoms with E-state index in [0.717, 1.165) is 18.4 Å². The molecule has 0 bridgehead atoms. The summed E-state index contributed by atoms with van der Waals surface area (Å²) in [6, 6.07) is 9.96. The Kier molecular flexibility index (Phi) is 4.85. The van der Waals surface area contributed by atoms with Crippen molar-refractivity contribution in [1.82, 2.24) is 4.90 Å². The van der Waals surface area contributed by atoms with Gasteiger partial charge < -0.3 is 14.1 Å². The van der Waals surface area contributed by atoms with Gasteiger partial charge in [-0.05, 0) is 49.6 Å². The number of benzene rings is 2. The van der Waals surface area contributed by atoms with Gasteiger partial charge in [-0.1, -0.05) is 40.9 Å². The lowest BCUT2D eigenvalue weighted by Crippen LogP contribution is -2.36. The summed E-state index contributed by atoms with van der Waals surface area (Å²) in [6.07, 6.45) is 1.76. The standard InChI is InChI=1S/C23H19Cl2NO4/c1-12-4-7-18-15(9-12)21(27)19-20(13-5-6-16(24)17(25)10-13)26(23(28)22(19)30-18)11-14-3-2-8-29-14/h4-7,9-10,14,20H,2-3,8,11H2,1H3. The fourth-order valence-corrected chi connectivity index (χ4v) is 4.67. The van der Waals surface area contributed by atoms with E-state index in [2.05, 4.69) is 0 Å². The molecule has 1 fully saturated rings. The van der Waals surface area contributed by atoms with E-state index >= 15 is 0 Å². The van der Waals surface area contributed by atoms with Crippen LogP contribution in [0.3, 0.4) is 0 Å². The molecule has 0 spiro atoms. The minimum Gasteiger partial charge on any atom is -0.450 e. The second-order valence-corrected chi connectivity index (χ2v) is 8.66. The molecule has 0 aliphatic carbocycles. The van der Waals surface area contributed by atoms with Crippen molar-refractivity contribution in [3.8, 4) is 0 Å². The van der Waals surface area contributed by atoms with Crippen molar-refractivity contribution < 1.29 is 13.9 Å². The fourth-order valence-electron chi connectivity index (χ4n) is 4.36. The lowest BCUT2D eigenvalue weighted by atomic mass is 9.98. The Morgan fingerprint density at radius 2 is 1.93 bits per heavy atom. The number of halogens is 2. The second kappa shape index (κ2) is 7.41. The van der Waals surface area contributed by atoms with Crippen LogP contribution >= 0.6 is 23.2 Å². The van der Waals surface area contributed by atoms with Gasteiger partial charge in [-0.25, -0.2) is 0 Å². The summed E-state index contributed by atoms with van der Waals surface area (Å²) < 4.78 is 11.7. The molecule has 2 atom stereocenters. The Labute approximate surface area is 183 Å². The average molecular weight is 444 g/mol. The molecule has 5 nitrogen and oxygen atoms in total. The van der Waals surface area contributed by atoms with Gasteiger partial charge in [0, 0.05) is 13.2 Å². The normalized spacial score (nSPS) is 20.9. The topological polar surface area (TPSA) is 59.8 Å². The Bertz CT molecular complexity index is 1230. The molecule has 2 aromatic carbocycles. The van der Waals surface area contributed by atoms with Crippen LogP contribution in [0, 0.1) is 6.92 Å². The van der Waals surface area contributed by atoms with Crippen LogP contribution in [0.15, 0.2) is 45.6 Å². The maximum absolute atomic E-state index is 13.5. The van der Waals surface area contributed by atoms with Crippen LogP contribution in [0.1, 0.15) is 46.1 Å². The number of aryl methyl sites for hydroxylation is 1. The third-order valence-electron chi connectivity index (χ3n) is 5.80.